The van der Waals surface area contributed by atoms with E-state index in [1.807, 2.05) is 19.9 Å². The number of fused-ring (bicyclic) bond motifs is 1. The Bertz CT molecular complexity index is 1170. The van der Waals surface area contributed by atoms with Gasteiger partial charge in [-0.2, -0.15) is 18.4 Å². The second-order valence-corrected chi connectivity index (χ2v) is 10.4. The molecular weight excluding hydrogens is 483 g/mol. The quantitative estimate of drug-likeness (QED) is 0.535. The lowest BCUT2D eigenvalue weighted by Crippen LogP contribution is -2.50. The van der Waals surface area contributed by atoms with E-state index in [4.69, 9.17) is 4.74 Å². The first-order chi connectivity index (χ1) is 16.8. The summed E-state index contributed by atoms with van der Waals surface area (Å²) in [5, 5.41) is 12.7. The van der Waals surface area contributed by atoms with Crippen LogP contribution < -0.4 is 5.32 Å². The van der Waals surface area contributed by atoms with Crippen molar-refractivity contribution in [2.75, 3.05) is 13.2 Å². The highest BCUT2D eigenvalue weighted by Crippen LogP contribution is 2.40. The van der Waals surface area contributed by atoms with Gasteiger partial charge in [0.1, 0.15) is 17.4 Å². The van der Waals surface area contributed by atoms with Crippen LogP contribution in [-0.2, 0) is 17.3 Å². The van der Waals surface area contributed by atoms with Gasteiger partial charge in [-0.3, -0.25) is 9.20 Å². The van der Waals surface area contributed by atoms with E-state index in [0.29, 0.717) is 13.2 Å². The third-order valence-electron chi connectivity index (χ3n) is 7.46. The van der Waals surface area contributed by atoms with Gasteiger partial charge in [0, 0.05) is 37.2 Å². The van der Waals surface area contributed by atoms with Gasteiger partial charge in [0.15, 0.2) is 5.69 Å². The molecule has 0 bridgehead atoms. The number of rotatable bonds is 5. The van der Waals surface area contributed by atoms with Crippen molar-refractivity contribution >= 4 is 11.6 Å². The molecule has 4 rings (SSSR count). The second kappa shape index (κ2) is 9.61. The van der Waals surface area contributed by atoms with Crippen LogP contribution >= 0.6 is 0 Å². The Morgan fingerprint density at radius 3 is 2.42 bits per heavy atom. The van der Waals surface area contributed by atoms with E-state index in [9.17, 15) is 32.0 Å². The van der Waals surface area contributed by atoms with E-state index in [1.165, 1.54) is 12.1 Å². The first-order valence-corrected chi connectivity index (χ1v) is 12.1. The van der Waals surface area contributed by atoms with Crippen LogP contribution in [0.15, 0.2) is 12.1 Å². The fourth-order valence-electron chi connectivity index (χ4n) is 5.32. The molecule has 11 heteroatoms. The summed E-state index contributed by atoms with van der Waals surface area (Å²) in [4.78, 5) is 16.9. The summed E-state index contributed by atoms with van der Waals surface area (Å²) in [5.41, 5.74) is -2.30. The van der Waals surface area contributed by atoms with Gasteiger partial charge < -0.3 is 10.1 Å². The Labute approximate surface area is 205 Å². The number of nitriles is 1. The maximum atomic E-state index is 13.9. The van der Waals surface area contributed by atoms with Gasteiger partial charge in [0.05, 0.1) is 5.69 Å². The predicted octanol–water partition coefficient (Wildman–Crippen LogP) is 5.53. The number of imidazole rings is 1. The lowest BCUT2D eigenvalue weighted by Gasteiger charge is -2.37. The van der Waals surface area contributed by atoms with Gasteiger partial charge in [-0.15, -0.1) is 0 Å². The van der Waals surface area contributed by atoms with E-state index < -0.39 is 29.2 Å². The van der Waals surface area contributed by atoms with Crippen LogP contribution in [0.4, 0.5) is 22.0 Å². The SMILES string of the molecule is CC(C)(NC(=O)c1cc(C#N)n2c(CC3CCC(F)(F)CC3)c(C(F)(F)F)nc2c1)C1CCOCC1. The van der Waals surface area contributed by atoms with Crippen LogP contribution in [0.2, 0.25) is 0 Å². The average Bonchev–Trinajstić information content (AvgIpc) is 3.19. The molecule has 196 valence electrons. The molecule has 1 N–H and O–H groups in total. The smallest absolute Gasteiger partial charge is 0.381 e. The predicted molar refractivity (Wildman–Crippen MR) is 121 cm³/mol. The van der Waals surface area contributed by atoms with E-state index in [-0.39, 0.29) is 66.5 Å². The van der Waals surface area contributed by atoms with Gasteiger partial charge >= 0.3 is 6.18 Å². The summed E-state index contributed by atoms with van der Waals surface area (Å²) in [6.07, 6.45) is -4.00. The fraction of sp³-hybridized carbons (Fsp3) is 0.640. The third-order valence-corrected chi connectivity index (χ3v) is 7.46. The molecule has 1 aliphatic heterocycles. The minimum absolute atomic E-state index is 0.0294. The first kappa shape index (κ1) is 26.3. The number of carbonyl (C=O) groups excluding carboxylic acids is 1. The minimum Gasteiger partial charge on any atom is -0.381 e. The van der Waals surface area contributed by atoms with Crippen molar-refractivity contribution in [2.24, 2.45) is 11.8 Å². The molecule has 6 nitrogen and oxygen atoms in total. The monoisotopic (exact) mass is 512 g/mol. The number of amides is 1. The van der Waals surface area contributed by atoms with Crippen LogP contribution in [0.5, 0.6) is 0 Å². The minimum atomic E-state index is -4.81. The van der Waals surface area contributed by atoms with Crippen LogP contribution in [-0.4, -0.2) is 40.0 Å². The van der Waals surface area contributed by atoms with Crippen molar-refractivity contribution < 1.29 is 31.5 Å². The largest absolute Gasteiger partial charge is 0.435 e. The zero-order valence-corrected chi connectivity index (χ0v) is 20.2. The fourth-order valence-corrected chi connectivity index (χ4v) is 5.32. The van der Waals surface area contributed by atoms with Gasteiger partial charge in [-0.05, 0) is 69.9 Å². The molecule has 0 aromatic carbocycles. The Balaban J connectivity index is 1.68. The Morgan fingerprint density at radius 1 is 1.19 bits per heavy atom. The van der Waals surface area contributed by atoms with E-state index in [2.05, 4.69) is 10.3 Å². The number of nitrogens with one attached hydrogen (secondary N) is 1. The first-order valence-electron chi connectivity index (χ1n) is 12.1. The van der Waals surface area contributed by atoms with Gasteiger partial charge in [-0.1, -0.05) is 0 Å². The molecule has 2 fully saturated rings. The lowest BCUT2D eigenvalue weighted by atomic mass is 9.81. The number of pyridine rings is 1. The maximum Gasteiger partial charge on any atom is 0.435 e. The molecular formula is C25H29F5N4O2. The van der Waals surface area contributed by atoms with Crippen LogP contribution in [0.3, 0.4) is 0 Å². The molecule has 36 heavy (non-hydrogen) atoms. The topological polar surface area (TPSA) is 79.4 Å². The Kier molecular flexibility index (Phi) is 7.03. The van der Waals surface area contributed by atoms with Crippen LogP contribution in [0.1, 0.15) is 79.8 Å². The molecule has 0 spiro atoms. The van der Waals surface area contributed by atoms with Crippen molar-refractivity contribution in [3.05, 3.63) is 34.8 Å². The molecule has 1 amide bonds. The number of aromatic nitrogens is 2. The summed E-state index contributed by atoms with van der Waals surface area (Å²) >= 11 is 0. The van der Waals surface area contributed by atoms with Crippen molar-refractivity contribution in [1.82, 2.24) is 14.7 Å². The average molecular weight is 513 g/mol. The summed E-state index contributed by atoms with van der Waals surface area (Å²) in [6.45, 7) is 4.94. The Morgan fingerprint density at radius 2 is 1.83 bits per heavy atom. The molecule has 3 heterocycles. The molecule has 2 aliphatic rings. The van der Waals surface area contributed by atoms with E-state index in [1.54, 1.807) is 0 Å². The molecule has 2 aromatic heterocycles. The normalized spacial score (nSPS) is 19.8. The molecule has 0 atom stereocenters. The number of nitrogens with zero attached hydrogens (tertiary/aromatic N) is 3. The molecule has 0 unspecified atom stereocenters. The highest BCUT2D eigenvalue weighted by atomic mass is 19.4. The molecule has 1 aliphatic carbocycles. The van der Waals surface area contributed by atoms with E-state index >= 15 is 0 Å². The summed E-state index contributed by atoms with van der Waals surface area (Å²) in [7, 11) is 0. The highest BCUT2D eigenvalue weighted by Gasteiger charge is 2.41. The molecule has 0 radical (unpaired) electrons. The molecule has 1 saturated heterocycles. The van der Waals surface area contributed by atoms with Crippen LogP contribution in [0.25, 0.3) is 5.65 Å². The number of hydrogen-bond acceptors (Lipinski definition) is 4. The number of hydrogen-bond donors (Lipinski definition) is 1. The zero-order chi connectivity index (χ0) is 26.3. The number of halogens is 5. The Hall–Kier alpha value is -2.74. The standard InChI is InChI=1S/C25H29F5N4O2/c1-23(2,17-5-9-36-10-6-17)33-22(35)16-12-18(14-31)34-19(11-15-3-7-24(26,27)8-4-15)21(25(28,29)30)32-20(34)13-16/h12-13,15,17H,3-11H2,1-2H3,(H,33,35). The number of carbonyl (C=O) groups is 1. The third kappa shape index (κ3) is 5.48. The van der Waals surface area contributed by atoms with Crippen molar-refractivity contribution in [3.8, 4) is 6.07 Å². The second-order valence-electron chi connectivity index (χ2n) is 10.4. The van der Waals surface area contributed by atoms with Gasteiger partial charge in [0.25, 0.3) is 5.91 Å². The summed E-state index contributed by atoms with van der Waals surface area (Å²) < 4.78 is 75.4. The molecule has 2 aromatic rings. The summed E-state index contributed by atoms with van der Waals surface area (Å²) in [5.74, 6) is -3.55. The van der Waals surface area contributed by atoms with Crippen molar-refractivity contribution in [3.63, 3.8) is 0 Å². The molecule has 1 saturated carbocycles. The van der Waals surface area contributed by atoms with Gasteiger partial charge in [0.2, 0.25) is 5.92 Å². The van der Waals surface area contributed by atoms with Crippen molar-refractivity contribution in [1.29, 1.82) is 5.26 Å². The number of ether oxygens (including phenoxy) is 1. The lowest BCUT2D eigenvalue weighted by molar-refractivity contribution is -0.141. The van der Waals surface area contributed by atoms with Crippen LogP contribution in [0, 0.1) is 23.2 Å². The zero-order valence-electron chi connectivity index (χ0n) is 20.2. The number of alkyl halides is 5. The summed E-state index contributed by atoms with van der Waals surface area (Å²) in [6, 6.07) is 4.38. The highest BCUT2D eigenvalue weighted by molar-refractivity contribution is 5.96. The van der Waals surface area contributed by atoms with Gasteiger partial charge in [-0.25, -0.2) is 13.8 Å². The maximum absolute atomic E-state index is 13.9. The van der Waals surface area contributed by atoms with E-state index in [0.717, 1.165) is 17.2 Å². The van der Waals surface area contributed by atoms with Crippen molar-refractivity contribution in [2.45, 2.75) is 76.4 Å².